The number of carbonyl (C=O) groups is 1. The number of carbonyl (C=O) groups excluding carboxylic acids is 1. The molecule has 0 aliphatic heterocycles. The minimum Gasteiger partial charge on any atom is -0.508 e. The summed E-state index contributed by atoms with van der Waals surface area (Å²) in [6, 6.07) is 2.02. The SMILES string of the molecule is COC[C@H](C)Nc1c(F)cc(O)cc1C=O. The summed E-state index contributed by atoms with van der Waals surface area (Å²) in [6.45, 7) is 2.18. The molecule has 0 saturated carbocycles. The van der Waals surface area contributed by atoms with Gasteiger partial charge in [-0.25, -0.2) is 4.39 Å². The predicted molar refractivity (Wildman–Crippen MR) is 58.4 cm³/mol. The monoisotopic (exact) mass is 227 g/mol. The van der Waals surface area contributed by atoms with Crippen LogP contribution >= 0.6 is 0 Å². The molecule has 0 aromatic heterocycles. The van der Waals surface area contributed by atoms with Crippen molar-refractivity contribution in [2.45, 2.75) is 13.0 Å². The van der Waals surface area contributed by atoms with E-state index < -0.39 is 5.82 Å². The van der Waals surface area contributed by atoms with E-state index in [0.717, 1.165) is 6.07 Å². The first kappa shape index (κ1) is 12.4. The molecule has 16 heavy (non-hydrogen) atoms. The van der Waals surface area contributed by atoms with Gasteiger partial charge in [0.25, 0.3) is 0 Å². The first-order valence-corrected chi connectivity index (χ1v) is 4.81. The van der Waals surface area contributed by atoms with Crippen molar-refractivity contribution in [2.24, 2.45) is 0 Å². The van der Waals surface area contributed by atoms with Crippen LogP contribution in [0.2, 0.25) is 0 Å². The molecule has 0 aliphatic carbocycles. The van der Waals surface area contributed by atoms with Gasteiger partial charge in [-0.15, -0.1) is 0 Å². The topological polar surface area (TPSA) is 58.6 Å². The summed E-state index contributed by atoms with van der Waals surface area (Å²) in [5.41, 5.74) is 0.165. The highest BCUT2D eigenvalue weighted by Gasteiger charge is 2.12. The molecule has 88 valence electrons. The number of methoxy groups -OCH3 is 1. The molecule has 2 N–H and O–H groups in total. The highest BCUT2D eigenvalue weighted by atomic mass is 19.1. The van der Waals surface area contributed by atoms with Gasteiger partial charge in [0, 0.05) is 24.8 Å². The van der Waals surface area contributed by atoms with Crippen molar-refractivity contribution in [1.29, 1.82) is 0 Å². The third-order valence-electron chi connectivity index (χ3n) is 2.04. The number of aromatic hydroxyl groups is 1. The van der Waals surface area contributed by atoms with Gasteiger partial charge in [0.15, 0.2) is 12.1 Å². The standard InChI is InChI=1S/C11H14FNO3/c1-7(6-16-2)13-11-8(5-14)3-9(15)4-10(11)12/h3-5,7,13,15H,6H2,1-2H3/t7-/m0/s1. The number of phenolic OH excluding ortho intramolecular Hbond substituents is 1. The lowest BCUT2D eigenvalue weighted by atomic mass is 10.1. The molecule has 1 atom stereocenters. The molecule has 1 aromatic carbocycles. The van der Waals surface area contributed by atoms with Crippen molar-refractivity contribution in [2.75, 3.05) is 19.0 Å². The molecule has 4 nitrogen and oxygen atoms in total. The summed E-state index contributed by atoms with van der Waals surface area (Å²) in [5, 5.41) is 12.0. The number of nitrogens with one attached hydrogen (secondary N) is 1. The minimum absolute atomic E-state index is 0.0809. The van der Waals surface area contributed by atoms with E-state index in [1.165, 1.54) is 13.2 Å². The molecule has 0 unspecified atom stereocenters. The zero-order chi connectivity index (χ0) is 12.1. The van der Waals surface area contributed by atoms with Crippen molar-refractivity contribution < 1.29 is 19.0 Å². The van der Waals surface area contributed by atoms with E-state index in [4.69, 9.17) is 9.84 Å². The van der Waals surface area contributed by atoms with Crippen LogP contribution in [0.4, 0.5) is 10.1 Å². The van der Waals surface area contributed by atoms with E-state index in [1.54, 1.807) is 6.92 Å². The minimum atomic E-state index is -0.662. The maximum Gasteiger partial charge on any atom is 0.152 e. The van der Waals surface area contributed by atoms with Gasteiger partial charge < -0.3 is 15.2 Å². The quantitative estimate of drug-likeness (QED) is 0.594. The van der Waals surface area contributed by atoms with E-state index in [0.29, 0.717) is 12.9 Å². The lowest BCUT2D eigenvalue weighted by Gasteiger charge is -2.16. The largest absolute Gasteiger partial charge is 0.508 e. The van der Waals surface area contributed by atoms with E-state index in [9.17, 15) is 9.18 Å². The van der Waals surface area contributed by atoms with Gasteiger partial charge in [0.1, 0.15) is 5.75 Å². The Morgan fingerprint density at radius 3 is 2.88 bits per heavy atom. The van der Waals surface area contributed by atoms with Crippen LogP contribution in [0.3, 0.4) is 0 Å². The zero-order valence-electron chi connectivity index (χ0n) is 9.16. The average molecular weight is 227 g/mol. The summed E-state index contributed by atoms with van der Waals surface area (Å²) >= 11 is 0. The zero-order valence-corrected chi connectivity index (χ0v) is 9.16. The number of rotatable bonds is 5. The molecule has 0 spiro atoms. The van der Waals surface area contributed by atoms with Crippen molar-refractivity contribution in [3.63, 3.8) is 0 Å². The lowest BCUT2D eigenvalue weighted by molar-refractivity contribution is 0.112. The molecule has 0 aliphatic rings. The number of ether oxygens (including phenoxy) is 1. The number of phenols is 1. The number of aldehydes is 1. The van der Waals surface area contributed by atoms with Gasteiger partial charge in [0.05, 0.1) is 12.3 Å². The second kappa shape index (κ2) is 5.46. The molecular weight excluding hydrogens is 213 g/mol. The Hall–Kier alpha value is -1.62. The number of hydrogen-bond donors (Lipinski definition) is 2. The number of halogens is 1. The molecule has 0 amide bonds. The summed E-state index contributed by atoms with van der Waals surface area (Å²) in [6.07, 6.45) is 0.491. The Balaban J connectivity index is 2.98. The lowest BCUT2D eigenvalue weighted by Crippen LogP contribution is -2.22. The van der Waals surface area contributed by atoms with Crippen LogP contribution in [-0.2, 0) is 4.74 Å². The number of hydrogen-bond acceptors (Lipinski definition) is 4. The summed E-state index contributed by atoms with van der Waals surface area (Å²) in [7, 11) is 1.53. The molecule has 0 radical (unpaired) electrons. The summed E-state index contributed by atoms with van der Waals surface area (Å²) < 4.78 is 18.4. The highest BCUT2D eigenvalue weighted by molar-refractivity contribution is 5.85. The van der Waals surface area contributed by atoms with Crippen molar-refractivity contribution in [3.05, 3.63) is 23.5 Å². The summed E-state index contributed by atoms with van der Waals surface area (Å²) in [4.78, 5) is 10.7. The maximum atomic E-state index is 13.5. The van der Waals surface area contributed by atoms with Crippen LogP contribution < -0.4 is 5.32 Å². The van der Waals surface area contributed by atoms with Gasteiger partial charge in [-0.3, -0.25) is 4.79 Å². The Kier molecular flexibility index (Phi) is 4.25. The Bertz CT molecular complexity index is 382. The third-order valence-corrected chi connectivity index (χ3v) is 2.04. The van der Waals surface area contributed by atoms with E-state index in [2.05, 4.69) is 5.32 Å². The van der Waals surface area contributed by atoms with E-state index in [-0.39, 0.29) is 23.0 Å². The number of benzene rings is 1. The molecule has 0 bridgehead atoms. The van der Waals surface area contributed by atoms with Crippen molar-refractivity contribution in [1.82, 2.24) is 0 Å². The first-order valence-electron chi connectivity index (χ1n) is 4.81. The highest BCUT2D eigenvalue weighted by Crippen LogP contribution is 2.24. The molecular formula is C11H14FNO3. The van der Waals surface area contributed by atoms with Crippen molar-refractivity contribution >= 4 is 12.0 Å². The average Bonchev–Trinajstić information content (AvgIpc) is 2.22. The second-order valence-corrected chi connectivity index (χ2v) is 3.51. The first-order chi connectivity index (χ1) is 7.58. The van der Waals surface area contributed by atoms with Gasteiger partial charge in [-0.2, -0.15) is 0 Å². The molecule has 0 fully saturated rings. The Morgan fingerprint density at radius 2 is 2.31 bits per heavy atom. The van der Waals surface area contributed by atoms with Gasteiger partial charge in [-0.05, 0) is 13.0 Å². The van der Waals surface area contributed by atoms with Crippen LogP contribution in [0.15, 0.2) is 12.1 Å². The van der Waals surface area contributed by atoms with Crippen LogP contribution in [0, 0.1) is 5.82 Å². The number of anilines is 1. The molecule has 5 heteroatoms. The van der Waals surface area contributed by atoms with Gasteiger partial charge in [0.2, 0.25) is 0 Å². The molecule has 0 heterocycles. The maximum absolute atomic E-state index is 13.5. The molecule has 1 aromatic rings. The van der Waals surface area contributed by atoms with E-state index in [1.807, 2.05) is 0 Å². The Labute approximate surface area is 93.0 Å². The molecule has 1 rings (SSSR count). The normalized spacial score (nSPS) is 12.2. The fourth-order valence-corrected chi connectivity index (χ4v) is 1.40. The van der Waals surface area contributed by atoms with Crippen LogP contribution in [0.25, 0.3) is 0 Å². The predicted octanol–water partition coefficient (Wildman–Crippen LogP) is 1.79. The fourth-order valence-electron chi connectivity index (χ4n) is 1.40. The van der Waals surface area contributed by atoms with Crippen LogP contribution in [-0.4, -0.2) is 31.2 Å². The summed E-state index contributed by atoms with van der Waals surface area (Å²) in [5.74, 6) is -0.936. The van der Waals surface area contributed by atoms with Crippen molar-refractivity contribution in [3.8, 4) is 5.75 Å². The molecule has 0 saturated heterocycles. The second-order valence-electron chi connectivity index (χ2n) is 3.51. The smallest absolute Gasteiger partial charge is 0.152 e. The van der Waals surface area contributed by atoms with Crippen LogP contribution in [0.1, 0.15) is 17.3 Å². The van der Waals surface area contributed by atoms with E-state index >= 15 is 0 Å². The fraction of sp³-hybridized carbons (Fsp3) is 0.364. The van der Waals surface area contributed by atoms with Gasteiger partial charge >= 0.3 is 0 Å². The van der Waals surface area contributed by atoms with Gasteiger partial charge in [-0.1, -0.05) is 0 Å². The third kappa shape index (κ3) is 2.93. The van der Waals surface area contributed by atoms with Crippen LogP contribution in [0.5, 0.6) is 5.75 Å². The Morgan fingerprint density at radius 1 is 1.62 bits per heavy atom.